The van der Waals surface area contributed by atoms with Crippen molar-refractivity contribution in [3.8, 4) is 0 Å². The molecule has 0 aliphatic carbocycles. The summed E-state index contributed by atoms with van der Waals surface area (Å²) >= 11 is 0. The number of carboxylic acids is 3. The molecule has 0 unspecified atom stereocenters. The number of rotatable bonds is 3. The van der Waals surface area contributed by atoms with Crippen LogP contribution in [0, 0.1) is 40.4 Å². The summed E-state index contributed by atoms with van der Waals surface area (Å²) in [6.07, 6.45) is 0. The van der Waals surface area contributed by atoms with E-state index in [1.54, 1.807) is 54.6 Å². The van der Waals surface area contributed by atoms with Crippen LogP contribution >= 0.6 is 0 Å². The van der Waals surface area contributed by atoms with Gasteiger partial charge in [0.1, 0.15) is 0 Å². The van der Waals surface area contributed by atoms with Gasteiger partial charge in [-0.1, -0.05) is 91.0 Å². The second kappa shape index (κ2) is 14.5. The third kappa shape index (κ3) is 10.5. The van der Waals surface area contributed by atoms with E-state index in [1.807, 2.05) is 0 Å². The summed E-state index contributed by atoms with van der Waals surface area (Å²) in [6, 6.07) is 24.2. The molecule has 0 heterocycles. The first-order valence-corrected chi connectivity index (χ1v) is 7.71. The summed E-state index contributed by atoms with van der Waals surface area (Å²) in [4.78, 5) is 30.3. The average Bonchev–Trinajstić information content (AvgIpc) is 2.71. The molecule has 0 fully saturated rings. The van der Waals surface area contributed by atoms with Crippen LogP contribution < -0.4 is 15.3 Å². The van der Waals surface area contributed by atoms with Crippen molar-refractivity contribution in [3.05, 3.63) is 108 Å². The van der Waals surface area contributed by atoms with Gasteiger partial charge in [-0.15, -0.1) is 0 Å². The van der Waals surface area contributed by atoms with Crippen molar-refractivity contribution in [2.45, 2.75) is 0 Å². The van der Waals surface area contributed by atoms with E-state index in [0.717, 1.165) is 0 Å². The Balaban J connectivity index is 0.000000384. The summed E-state index contributed by atoms with van der Waals surface area (Å²) in [6.45, 7) is 0. The fourth-order valence-corrected chi connectivity index (χ4v) is 1.72. The molecule has 3 rings (SSSR count). The largest absolute Gasteiger partial charge is 3.00 e. The minimum atomic E-state index is -1.13. The molecule has 0 atom stereocenters. The number of carboxylic acid groups (broad SMARTS) is 3. The summed E-state index contributed by atoms with van der Waals surface area (Å²) in [5.74, 6) is -3.39. The van der Waals surface area contributed by atoms with Crippen molar-refractivity contribution >= 4 is 17.9 Å². The Morgan fingerprint density at radius 2 is 0.607 bits per heavy atom. The SMILES string of the molecule is O=C([O-])c1ccccc1.O=C([O-])c1ccccc1.O=C([O-])c1ccccc1.[Sm+3]. The Kier molecular flexibility index (Phi) is 13.1. The van der Waals surface area contributed by atoms with Crippen molar-refractivity contribution in [2.24, 2.45) is 0 Å². The van der Waals surface area contributed by atoms with Gasteiger partial charge in [0.2, 0.25) is 0 Å². The van der Waals surface area contributed by atoms with Gasteiger partial charge in [-0.05, 0) is 16.7 Å². The molecule has 0 aromatic heterocycles. The average molecular weight is 514 g/mol. The zero-order valence-corrected chi connectivity index (χ0v) is 17.1. The monoisotopic (exact) mass is 515 g/mol. The van der Waals surface area contributed by atoms with E-state index in [4.69, 9.17) is 0 Å². The fourth-order valence-electron chi connectivity index (χ4n) is 1.72. The number of benzene rings is 3. The third-order valence-corrected chi connectivity index (χ3v) is 3.03. The van der Waals surface area contributed by atoms with Crippen LogP contribution in [-0.2, 0) is 0 Å². The van der Waals surface area contributed by atoms with E-state index < -0.39 is 17.9 Å². The van der Waals surface area contributed by atoms with Crippen LogP contribution in [0.15, 0.2) is 91.0 Å². The number of carbonyl (C=O) groups is 3. The van der Waals surface area contributed by atoms with Crippen LogP contribution in [0.5, 0.6) is 0 Å². The Labute approximate surface area is 194 Å². The van der Waals surface area contributed by atoms with Crippen LogP contribution in [0.25, 0.3) is 0 Å². The summed E-state index contributed by atoms with van der Waals surface area (Å²) in [7, 11) is 0. The van der Waals surface area contributed by atoms with Crippen LogP contribution in [0.1, 0.15) is 31.1 Å². The molecule has 0 saturated carbocycles. The molecule has 0 bridgehead atoms. The van der Waals surface area contributed by atoms with Gasteiger partial charge in [0.15, 0.2) is 0 Å². The first kappa shape index (κ1) is 25.4. The topological polar surface area (TPSA) is 120 Å². The second-order valence-corrected chi connectivity index (χ2v) is 4.96. The maximum Gasteiger partial charge on any atom is 3.00 e. The molecule has 141 valence electrons. The predicted molar refractivity (Wildman–Crippen MR) is 92.3 cm³/mol. The van der Waals surface area contributed by atoms with Crippen LogP contribution in [0.3, 0.4) is 0 Å². The zero-order valence-electron chi connectivity index (χ0n) is 14.5. The Hall–Kier alpha value is -2.59. The Bertz CT molecular complexity index is 734. The van der Waals surface area contributed by atoms with Gasteiger partial charge in [-0.2, -0.15) is 0 Å². The molecule has 0 N–H and O–H groups in total. The maximum absolute atomic E-state index is 10.1. The molecule has 3 aromatic rings. The second-order valence-electron chi connectivity index (χ2n) is 4.96. The first-order chi connectivity index (χ1) is 12.9. The maximum atomic E-state index is 10.1. The standard InChI is InChI=1S/3C7H6O2.Sm/c3*8-7(9)6-4-2-1-3-5-6;/h3*1-5H,(H,8,9);/q;;;+3/p-3. The van der Waals surface area contributed by atoms with Gasteiger partial charge in [0, 0.05) is 0 Å². The molecule has 1 radical (unpaired) electrons. The fraction of sp³-hybridized carbons (Fsp3) is 0. The van der Waals surface area contributed by atoms with Crippen molar-refractivity contribution in [2.75, 3.05) is 0 Å². The van der Waals surface area contributed by atoms with Gasteiger partial charge < -0.3 is 29.7 Å². The number of hydrogen-bond donors (Lipinski definition) is 0. The smallest absolute Gasteiger partial charge is 0.545 e. The van der Waals surface area contributed by atoms with Crippen LogP contribution in [0.2, 0.25) is 0 Å². The van der Waals surface area contributed by atoms with Crippen molar-refractivity contribution in [3.63, 3.8) is 0 Å². The van der Waals surface area contributed by atoms with Gasteiger partial charge in [0.25, 0.3) is 0 Å². The van der Waals surface area contributed by atoms with E-state index in [0.29, 0.717) is 0 Å². The van der Waals surface area contributed by atoms with Crippen molar-refractivity contribution in [1.29, 1.82) is 0 Å². The molecule has 0 amide bonds. The van der Waals surface area contributed by atoms with Crippen LogP contribution in [-0.4, -0.2) is 17.9 Å². The summed E-state index contributed by atoms with van der Waals surface area (Å²) in [5.41, 5.74) is 0.660. The third-order valence-electron chi connectivity index (χ3n) is 3.03. The molecule has 3 aromatic carbocycles. The Morgan fingerprint density at radius 3 is 0.714 bits per heavy atom. The summed E-state index contributed by atoms with van der Waals surface area (Å²) < 4.78 is 0. The van der Waals surface area contributed by atoms with E-state index in [9.17, 15) is 29.7 Å². The van der Waals surface area contributed by atoms with E-state index in [-0.39, 0.29) is 57.1 Å². The minimum absolute atomic E-state index is 0. The molecular formula is C21H15O6Sm. The molecule has 0 saturated heterocycles. The van der Waals surface area contributed by atoms with Crippen molar-refractivity contribution in [1.82, 2.24) is 0 Å². The Morgan fingerprint density at radius 1 is 0.429 bits per heavy atom. The molecule has 0 aliphatic heterocycles. The minimum Gasteiger partial charge on any atom is -0.545 e. The van der Waals surface area contributed by atoms with E-state index >= 15 is 0 Å². The number of carbonyl (C=O) groups excluding carboxylic acids is 3. The number of hydrogen-bond acceptors (Lipinski definition) is 6. The van der Waals surface area contributed by atoms with Crippen molar-refractivity contribution < 1.29 is 70.1 Å². The molecule has 28 heavy (non-hydrogen) atoms. The molecule has 6 nitrogen and oxygen atoms in total. The molecule has 7 heteroatoms. The zero-order chi connectivity index (χ0) is 20.1. The first-order valence-electron chi connectivity index (χ1n) is 7.71. The van der Waals surface area contributed by atoms with Crippen LogP contribution in [0.4, 0.5) is 0 Å². The molecule has 0 spiro atoms. The molecular weight excluding hydrogens is 499 g/mol. The van der Waals surface area contributed by atoms with Gasteiger partial charge in [-0.3, -0.25) is 0 Å². The van der Waals surface area contributed by atoms with Gasteiger partial charge >= 0.3 is 40.4 Å². The molecule has 0 aliphatic rings. The number of aromatic carboxylic acids is 3. The van der Waals surface area contributed by atoms with E-state index in [1.165, 1.54) is 36.4 Å². The quantitative estimate of drug-likeness (QED) is 0.492. The summed E-state index contributed by atoms with van der Waals surface area (Å²) in [5, 5.41) is 30.3. The van der Waals surface area contributed by atoms with Gasteiger partial charge in [-0.25, -0.2) is 0 Å². The predicted octanol–water partition coefficient (Wildman–Crippen LogP) is 0.150. The van der Waals surface area contributed by atoms with Gasteiger partial charge in [0.05, 0.1) is 17.9 Å². The van der Waals surface area contributed by atoms with E-state index in [2.05, 4.69) is 0 Å². The normalized spacial score (nSPS) is 8.57.